The normalized spacial score (nSPS) is 10.8. The van der Waals surface area contributed by atoms with Crippen molar-refractivity contribution >= 4 is 11.4 Å². The quantitative estimate of drug-likeness (QED) is 0.558. The molecule has 0 aliphatic heterocycles. The molecule has 0 aromatic heterocycles. The summed E-state index contributed by atoms with van der Waals surface area (Å²) in [6, 6.07) is 5.98. The molecule has 96 valence electrons. The van der Waals surface area contributed by atoms with Crippen LogP contribution in [0.1, 0.15) is 5.56 Å². The summed E-state index contributed by atoms with van der Waals surface area (Å²) in [4.78, 5) is 2.10. The molecule has 1 rings (SSSR count). The van der Waals surface area contributed by atoms with Gasteiger partial charge in [-0.25, -0.2) is 0 Å². The third-order valence-electron chi connectivity index (χ3n) is 2.45. The van der Waals surface area contributed by atoms with E-state index in [2.05, 4.69) is 23.2 Å². The molecule has 0 aliphatic rings. The molecule has 4 heteroatoms. The average Bonchev–Trinajstić information content (AvgIpc) is 2.27. The van der Waals surface area contributed by atoms with E-state index in [9.17, 15) is 0 Å². The standard InChI is InChI=1S/C13H23N3O/c1-11-4-5-12(14)13(10-11)15-6-8-17-9-7-16(2)3/h4-5,10,15H,6-9,14H2,1-3H3. The third kappa shape index (κ3) is 5.56. The maximum absolute atomic E-state index is 5.86. The van der Waals surface area contributed by atoms with Crippen LogP contribution in [0.4, 0.5) is 11.4 Å². The average molecular weight is 237 g/mol. The van der Waals surface area contributed by atoms with Crippen molar-refractivity contribution in [3.8, 4) is 0 Å². The van der Waals surface area contributed by atoms with Crippen molar-refractivity contribution in [1.29, 1.82) is 0 Å². The van der Waals surface area contributed by atoms with E-state index in [-0.39, 0.29) is 0 Å². The van der Waals surface area contributed by atoms with Gasteiger partial charge in [0.1, 0.15) is 0 Å². The Balaban J connectivity index is 2.20. The molecule has 0 bridgehead atoms. The highest BCUT2D eigenvalue weighted by Crippen LogP contribution is 2.18. The summed E-state index contributed by atoms with van der Waals surface area (Å²) in [5, 5.41) is 3.28. The smallest absolute Gasteiger partial charge is 0.0639 e. The number of benzene rings is 1. The van der Waals surface area contributed by atoms with Gasteiger partial charge in [-0.3, -0.25) is 0 Å². The highest BCUT2D eigenvalue weighted by molar-refractivity contribution is 5.66. The molecule has 0 spiro atoms. The molecular formula is C13H23N3O. The minimum atomic E-state index is 0.696. The number of likely N-dealkylation sites (N-methyl/N-ethyl adjacent to an activating group) is 1. The Morgan fingerprint density at radius 2 is 2.06 bits per heavy atom. The monoisotopic (exact) mass is 237 g/mol. The Hall–Kier alpha value is -1.26. The highest BCUT2D eigenvalue weighted by atomic mass is 16.5. The summed E-state index contributed by atoms with van der Waals surface area (Å²) in [5.74, 6) is 0. The second-order valence-corrected chi connectivity index (χ2v) is 4.43. The first kappa shape index (κ1) is 13.8. The summed E-state index contributed by atoms with van der Waals surface area (Å²) in [6.45, 7) is 5.24. The van der Waals surface area contributed by atoms with E-state index >= 15 is 0 Å². The van der Waals surface area contributed by atoms with Gasteiger partial charge in [-0.2, -0.15) is 0 Å². The molecule has 0 saturated carbocycles. The Morgan fingerprint density at radius 3 is 2.76 bits per heavy atom. The first-order valence-electron chi connectivity index (χ1n) is 5.92. The van der Waals surface area contributed by atoms with Gasteiger partial charge in [0, 0.05) is 13.1 Å². The van der Waals surface area contributed by atoms with E-state index < -0.39 is 0 Å². The summed E-state index contributed by atoms with van der Waals surface area (Å²) >= 11 is 0. The Morgan fingerprint density at radius 1 is 1.29 bits per heavy atom. The van der Waals surface area contributed by atoms with Crippen LogP contribution in [-0.2, 0) is 4.74 Å². The SMILES string of the molecule is Cc1ccc(N)c(NCCOCCN(C)C)c1. The van der Waals surface area contributed by atoms with Gasteiger partial charge < -0.3 is 20.7 Å². The fourth-order valence-corrected chi connectivity index (χ4v) is 1.43. The minimum absolute atomic E-state index is 0.696. The van der Waals surface area contributed by atoms with Crippen molar-refractivity contribution in [2.45, 2.75) is 6.92 Å². The molecule has 17 heavy (non-hydrogen) atoms. The van der Waals surface area contributed by atoms with Crippen LogP contribution in [0.25, 0.3) is 0 Å². The van der Waals surface area contributed by atoms with Gasteiger partial charge in [-0.15, -0.1) is 0 Å². The van der Waals surface area contributed by atoms with E-state index in [1.807, 2.05) is 26.2 Å². The van der Waals surface area contributed by atoms with Gasteiger partial charge in [0.15, 0.2) is 0 Å². The van der Waals surface area contributed by atoms with Crippen LogP contribution >= 0.6 is 0 Å². The van der Waals surface area contributed by atoms with Crippen molar-refractivity contribution in [2.24, 2.45) is 0 Å². The number of rotatable bonds is 7. The van der Waals surface area contributed by atoms with Gasteiger partial charge in [-0.05, 0) is 38.7 Å². The lowest BCUT2D eigenvalue weighted by atomic mass is 10.2. The van der Waals surface area contributed by atoms with E-state index in [1.165, 1.54) is 5.56 Å². The predicted octanol–water partition coefficient (Wildman–Crippen LogP) is 1.57. The topological polar surface area (TPSA) is 50.5 Å². The molecule has 0 atom stereocenters. The van der Waals surface area contributed by atoms with Crippen molar-refractivity contribution in [1.82, 2.24) is 4.90 Å². The van der Waals surface area contributed by atoms with Crippen LogP contribution in [0, 0.1) is 6.92 Å². The lowest BCUT2D eigenvalue weighted by Crippen LogP contribution is -2.20. The summed E-state index contributed by atoms with van der Waals surface area (Å²) in [6.07, 6.45) is 0. The van der Waals surface area contributed by atoms with Crippen LogP contribution < -0.4 is 11.1 Å². The van der Waals surface area contributed by atoms with Gasteiger partial charge in [-0.1, -0.05) is 6.07 Å². The molecule has 0 aliphatic carbocycles. The van der Waals surface area contributed by atoms with Crippen LogP contribution in [0.3, 0.4) is 0 Å². The number of aryl methyl sites for hydroxylation is 1. The van der Waals surface area contributed by atoms with Crippen molar-refractivity contribution in [3.05, 3.63) is 23.8 Å². The molecule has 0 saturated heterocycles. The fourth-order valence-electron chi connectivity index (χ4n) is 1.43. The zero-order chi connectivity index (χ0) is 12.7. The Labute approximate surface area is 104 Å². The zero-order valence-electron chi connectivity index (χ0n) is 11.0. The number of nitrogen functional groups attached to an aromatic ring is 1. The minimum Gasteiger partial charge on any atom is -0.397 e. The predicted molar refractivity (Wildman–Crippen MR) is 73.5 cm³/mol. The van der Waals surface area contributed by atoms with Gasteiger partial charge in [0.2, 0.25) is 0 Å². The van der Waals surface area contributed by atoms with Crippen molar-refractivity contribution in [3.63, 3.8) is 0 Å². The number of ether oxygens (including phenoxy) is 1. The summed E-state index contributed by atoms with van der Waals surface area (Å²) in [7, 11) is 4.07. The molecule has 0 fully saturated rings. The van der Waals surface area contributed by atoms with E-state index in [0.29, 0.717) is 6.61 Å². The van der Waals surface area contributed by atoms with Crippen LogP contribution in [-0.4, -0.2) is 45.3 Å². The number of nitrogens with one attached hydrogen (secondary N) is 1. The maximum Gasteiger partial charge on any atom is 0.0639 e. The lowest BCUT2D eigenvalue weighted by molar-refractivity contribution is 0.126. The maximum atomic E-state index is 5.86. The number of hydrogen-bond acceptors (Lipinski definition) is 4. The fraction of sp³-hybridized carbons (Fsp3) is 0.538. The van der Waals surface area contributed by atoms with Gasteiger partial charge >= 0.3 is 0 Å². The first-order valence-corrected chi connectivity index (χ1v) is 5.92. The summed E-state index contributed by atoms with van der Waals surface area (Å²) < 4.78 is 5.49. The van der Waals surface area contributed by atoms with E-state index in [1.54, 1.807) is 0 Å². The number of anilines is 2. The second kappa shape index (κ2) is 7.14. The molecule has 1 aromatic rings. The molecule has 0 unspecified atom stereocenters. The van der Waals surface area contributed by atoms with Crippen molar-refractivity contribution in [2.75, 3.05) is 51.4 Å². The number of nitrogens with zero attached hydrogens (tertiary/aromatic N) is 1. The van der Waals surface area contributed by atoms with Gasteiger partial charge in [0.05, 0.1) is 24.6 Å². The number of nitrogens with two attached hydrogens (primary N) is 1. The lowest BCUT2D eigenvalue weighted by Gasteiger charge is -2.12. The largest absolute Gasteiger partial charge is 0.397 e. The molecule has 0 radical (unpaired) electrons. The van der Waals surface area contributed by atoms with E-state index in [0.717, 1.165) is 31.1 Å². The second-order valence-electron chi connectivity index (χ2n) is 4.43. The Kier molecular flexibility index (Phi) is 5.80. The molecule has 3 N–H and O–H groups in total. The third-order valence-corrected chi connectivity index (χ3v) is 2.45. The molecule has 1 aromatic carbocycles. The van der Waals surface area contributed by atoms with Crippen molar-refractivity contribution < 1.29 is 4.74 Å². The van der Waals surface area contributed by atoms with Crippen LogP contribution in [0.5, 0.6) is 0 Å². The number of hydrogen-bond donors (Lipinski definition) is 2. The zero-order valence-corrected chi connectivity index (χ0v) is 11.0. The first-order chi connectivity index (χ1) is 8.09. The highest BCUT2D eigenvalue weighted by Gasteiger charge is 1.98. The molecular weight excluding hydrogens is 214 g/mol. The van der Waals surface area contributed by atoms with Crippen LogP contribution in [0.15, 0.2) is 18.2 Å². The van der Waals surface area contributed by atoms with Gasteiger partial charge in [0.25, 0.3) is 0 Å². The molecule has 0 amide bonds. The Bertz CT molecular complexity index is 339. The van der Waals surface area contributed by atoms with E-state index in [4.69, 9.17) is 10.5 Å². The molecule has 0 heterocycles. The molecule has 4 nitrogen and oxygen atoms in total. The summed E-state index contributed by atoms with van der Waals surface area (Å²) in [5.41, 5.74) is 8.83. The van der Waals surface area contributed by atoms with Crippen LogP contribution in [0.2, 0.25) is 0 Å².